The maximum Gasteiger partial charge on any atom is 0.335 e. The number of esters is 1. The molecule has 2 unspecified atom stereocenters. The van der Waals surface area contributed by atoms with E-state index in [9.17, 15) is 19.8 Å². The number of rotatable bonds is 5. The lowest BCUT2D eigenvalue weighted by atomic mass is 9.75. The van der Waals surface area contributed by atoms with Crippen molar-refractivity contribution in [3.8, 4) is 0 Å². The van der Waals surface area contributed by atoms with Crippen molar-refractivity contribution in [3.63, 3.8) is 0 Å². The second kappa shape index (κ2) is 5.99. The third-order valence-electron chi connectivity index (χ3n) is 3.71. The molecule has 0 fully saturated rings. The summed E-state index contributed by atoms with van der Waals surface area (Å²) in [5.74, 6) is -2.82. The van der Waals surface area contributed by atoms with Gasteiger partial charge in [-0.15, -0.1) is 0 Å². The summed E-state index contributed by atoms with van der Waals surface area (Å²) in [5, 5.41) is 19.4. The number of benzene rings is 1. The number of ether oxygens (including phenoxy) is 1. The molecule has 0 aromatic heterocycles. The lowest BCUT2D eigenvalue weighted by molar-refractivity contribution is -0.176. The van der Waals surface area contributed by atoms with Crippen LogP contribution < -0.4 is 0 Å². The average Bonchev–Trinajstić information content (AvgIpc) is 2.44. The molecular formula is C16H18O5. The molecule has 1 heterocycles. The molecule has 0 saturated carbocycles. The minimum atomic E-state index is -1.36. The summed E-state index contributed by atoms with van der Waals surface area (Å²) in [6, 6.07) is 8.75. The summed E-state index contributed by atoms with van der Waals surface area (Å²) in [6.45, 7) is 1.87. The monoisotopic (exact) mass is 290 g/mol. The number of aliphatic hydroxyl groups excluding tert-OH is 1. The van der Waals surface area contributed by atoms with Crippen LogP contribution in [-0.2, 0) is 19.9 Å². The van der Waals surface area contributed by atoms with Crippen LogP contribution in [0.15, 0.2) is 42.2 Å². The Kier molecular flexibility index (Phi) is 4.31. The van der Waals surface area contributed by atoms with Crippen LogP contribution in [0.25, 0.3) is 0 Å². The minimum absolute atomic E-state index is 0.0281. The van der Waals surface area contributed by atoms with Crippen LogP contribution in [0.1, 0.15) is 31.7 Å². The Morgan fingerprint density at radius 1 is 1.38 bits per heavy atom. The quantitative estimate of drug-likeness (QED) is 0.815. The van der Waals surface area contributed by atoms with Gasteiger partial charge in [0.1, 0.15) is 11.7 Å². The normalized spacial score (nSPS) is 23.1. The van der Waals surface area contributed by atoms with Gasteiger partial charge in [-0.2, -0.15) is 0 Å². The molecule has 0 aliphatic carbocycles. The SMILES string of the molecule is CCCC(C(=O)O)C1(c2ccccc2)CC(O)=CC(=O)O1. The summed E-state index contributed by atoms with van der Waals surface area (Å²) in [5.41, 5.74) is -0.780. The van der Waals surface area contributed by atoms with Crippen molar-refractivity contribution in [2.45, 2.75) is 31.8 Å². The van der Waals surface area contributed by atoms with E-state index in [2.05, 4.69) is 0 Å². The number of aliphatic hydroxyl groups is 1. The Bertz CT molecular complexity index is 563. The number of aliphatic carboxylic acids is 1. The number of hydrogen-bond donors (Lipinski definition) is 2. The van der Waals surface area contributed by atoms with E-state index in [0.717, 1.165) is 6.08 Å². The van der Waals surface area contributed by atoms with Gasteiger partial charge >= 0.3 is 11.9 Å². The molecule has 1 aromatic rings. The van der Waals surface area contributed by atoms with Crippen LogP contribution in [-0.4, -0.2) is 22.2 Å². The fourth-order valence-corrected chi connectivity index (χ4v) is 2.82. The molecule has 2 rings (SSSR count). The van der Waals surface area contributed by atoms with Crippen molar-refractivity contribution in [1.82, 2.24) is 0 Å². The highest BCUT2D eigenvalue weighted by Crippen LogP contribution is 2.43. The molecular weight excluding hydrogens is 272 g/mol. The van der Waals surface area contributed by atoms with E-state index in [1.54, 1.807) is 30.3 Å². The lowest BCUT2D eigenvalue weighted by Crippen LogP contribution is -2.46. The van der Waals surface area contributed by atoms with Gasteiger partial charge < -0.3 is 14.9 Å². The van der Waals surface area contributed by atoms with Crippen molar-refractivity contribution < 1.29 is 24.5 Å². The van der Waals surface area contributed by atoms with E-state index < -0.39 is 23.5 Å². The first kappa shape index (κ1) is 15.1. The van der Waals surface area contributed by atoms with E-state index in [4.69, 9.17) is 4.74 Å². The van der Waals surface area contributed by atoms with Gasteiger partial charge in [0.2, 0.25) is 0 Å². The largest absolute Gasteiger partial charge is 0.512 e. The summed E-state index contributed by atoms with van der Waals surface area (Å²) in [4.78, 5) is 23.4. The van der Waals surface area contributed by atoms with Gasteiger partial charge in [0, 0.05) is 0 Å². The summed E-state index contributed by atoms with van der Waals surface area (Å²) < 4.78 is 5.45. The number of carboxylic acid groups (broad SMARTS) is 1. The van der Waals surface area contributed by atoms with Gasteiger partial charge in [0.05, 0.1) is 12.5 Å². The summed E-state index contributed by atoms with van der Waals surface area (Å²) in [7, 11) is 0. The zero-order valence-electron chi connectivity index (χ0n) is 11.8. The molecule has 112 valence electrons. The third kappa shape index (κ3) is 2.91. The smallest absolute Gasteiger partial charge is 0.335 e. The topological polar surface area (TPSA) is 83.8 Å². The van der Waals surface area contributed by atoms with Gasteiger partial charge in [-0.1, -0.05) is 43.7 Å². The maximum atomic E-state index is 11.7. The number of hydrogen-bond acceptors (Lipinski definition) is 4. The highest BCUT2D eigenvalue weighted by Gasteiger charge is 2.50. The number of cyclic esters (lactones) is 1. The fraction of sp³-hybridized carbons (Fsp3) is 0.375. The molecule has 0 bridgehead atoms. The van der Waals surface area contributed by atoms with Crippen LogP contribution >= 0.6 is 0 Å². The molecule has 21 heavy (non-hydrogen) atoms. The molecule has 2 N–H and O–H groups in total. The maximum absolute atomic E-state index is 11.7. The first-order chi connectivity index (χ1) is 9.99. The minimum Gasteiger partial charge on any atom is -0.512 e. The van der Waals surface area contributed by atoms with Crippen LogP contribution in [0, 0.1) is 5.92 Å². The zero-order valence-corrected chi connectivity index (χ0v) is 11.8. The Morgan fingerprint density at radius 2 is 2.05 bits per heavy atom. The second-order valence-electron chi connectivity index (χ2n) is 5.17. The van der Waals surface area contributed by atoms with E-state index in [-0.39, 0.29) is 12.2 Å². The van der Waals surface area contributed by atoms with E-state index in [0.29, 0.717) is 18.4 Å². The Hall–Kier alpha value is -2.30. The second-order valence-corrected chi connectivity index (χ2v) is 5.17. The molecule has 0 amide bonds. The standard InChI is InChI=1S/C16H18O5/c1-2-6-13(15(19)20)16(11-7-4-3-5-8-11)10-12(17)9-14(18)21-16/h3-5,7-9,13,17H,2,6,10H2,1H3,(H,19,20). The fourth-order valence-electron chi connectivity index (χ4n) is 2.82. The van der Waals surface area contributed by atoms with Crippen LogP contribution in [0.4, 0.5) is 0 Å². The number of carbonyl (C=O) groups is 2. The van der Waals surface area contributed by atoms with Crippen LogP contribution in [0.3, 0.4) is 0 Å². The van der Waals surface area contributed by atoms with Gasteiger partial charge in [-0.3, -0.25) is 4.79 Å². The first-order valence-corrected chi connectivity index (χ1v) is 6.90. The molecule has 1 aromatic carbocycles. The third-order valence-corrected chi connectivity index (χ3v) is 3.71. The zero-order chi connectivity index (χ0) is 15.5. The molecule has 5 heteroatoms. The van der Waals surface area contributed by atoms with Crippen molar-refractivity contribution in [2.75, 3.05) is 0 Å². The number of carboxylic acids is 1. The average molecular weight is 290 g/mol. The molecule has 2 atom stereocenters. The van der Waals surface area contributed by atoms with Crippen molar-refractivity contribution in [1.29, 1.82) is 0 Å². The number of carbonyl (C=O) groups excluding carboxylic acids is 1. The molecule has 5 nitrogen and oxygen atoms in total. The van der Waals surface area contributed by atoms with Crippen molar-refractivity contribution in [2.24, 2.45) is 5.92 Å². The summed E-state index contributed by atoms with van der Waals surface area (Å²) >= 11 is 0. The van der Waals surface area contributed by atoms with E-state index >= 15 is 0 Å². The lowest BCUT2D eigenvalue weighted by Gasteiger charge is -2.40. The van der Waals surface area contributed by atoms with Gasteiger partial charge in [0.15, 0.2) is 5.60 Å². The highest BCUT2D eigenvalue weighted by atomic mass is 16.6. The van der Waals surface area contributed by atoms with E-state index in [1.165, 1.54) is 0 Å². The molecule has 1 aliphatic rings. The van der Waals surface area contributed by atoms with Crippen molar-refractivity contribution in [3.05, 3.63) is 47.7 Å². The molecule has 1 aliphatic heterocycles. The first-order valence-electron chi connectivity index (χ1n) is 6.90. The Morgan fingerprint density at radius 3 is 2.57 bits per heavy atom. The molecule has 0 radical (unpaired) electrons. The molecule has 0 spiro atoms. The highest BCUT2D eigenvalue weighted by molar-refractivity contribution is 5.85. The Labute approximate surface area is 122 Å². The van der Waals surface area contributed by atoms with Crippen LogP contribution in [0.2, 0.25) is 0 Å². The summed E-state index contributed by atoms with van der Waals surface area (Å²) in [6.07, 6.45) is 1.95. The van der Waals surface area contributed by atoms with E-state index in [1.807, 2.05) is 6.92 Å². The van der Waals surface area contributed by atoms with Crippen molar-refractivity contribution >= 4 is 11.9 Å². The molecule has 0 saturated heterocycles. The van der Waals surface area contributed by atoms with Gasteiger partial charge in [-0.25, -0.2) is 4.79 Å². The van der Waals surface area contributed by atoms with Gasteiger partial charge in [0.25, 0.3) is 0 Å². The van der Waals surface area contributed by atoms with Gasteiger partial charge in [-0.05, 0) is 12.0 Å². The van der Waals surface area contributed by atoms with Crippen LogP contribution in [0.5, 0.6) is 0 Å². The predicted octanol–water partition coefficient (Wildman–Crippen LogP) is 2.77. The predicted molar refractivity (Wildman–Crippen MR) is 75.6 cm³/mol. The Balaban J connectivity index is 2.56.